The molecular weight excluding hydrogens is 345 g/mol. The maximum absolute atomic E-state index is 10.5. The summed E-state index contributed by atoms with van der Waals surface area (Å²) < 4.78 is 21.5. The molecule has 4 atom stereocenters. The van der Waals surface area contributed by atoms with E-state index in [-0.39, 0.29) is 0 Å². The molecule has 2 unspecified atom stereocenters. The van der Waals surface area contributed by atoms with Crippen molar-refractivity contribution in [1.29, 1.82) is 0 Å². The summed E-state index contributed by atoms with van der Waals surface area (Å²) in [5.41, 5.74) is 0.763. The number of phosphoric acid groups is 1. The number of anilines is 1. The lowest BCUT2D eigenvalue weighted by Gasteiger charge is -2.30. The lowest BCUT2D eigenvalue weighted by molar-refractivity contribution is -0.343. The number of aliphatic hydroxyl groups excluding tert-OH is 2. The Hall–Kier alpha value is -1.66. The fraction of sp³-hybridized carbons (Fsp3) is 0.545. The minimum Gasteiger partial charge on any atom is -0.790 e. The minimum absolute atomic E-state index is 0.338. The molecule has 0 aliphatic carbocycles. The summed E-state index contributed by atoms with van der Waals surface area (Å²) >= 11 is 0. The molecule has 1 aliphatic rings. The standard InChI is InChI=1S/C11H16N5O7P/c1-12-9-6-10(14-3-13-9)16(4-15-6)11-8(18)7(17)5(23-11)2-22-24(19,20)21/h3-5,7-8,11,17-18H,2H2,1H3,(H,12,13,14)(H2,19,20,21)/p-2/t5-,7?,8?,11-/m1/s1. The van der Waals surface area contributed by atoms with Crippen LogP contribution < -0.4 is 15.1 Å². The molecule has 24 heavy (non-hydrogen) atoms. The highest BCUT2D eigenvalue weighted by atomic mass is 31.2. The third-order valence-electron chi connectivity index (χ3n) is 3.60. The van der Waals surface area contributed by atoms with E-state index in [0.29, 0.717) is 17.0 Å². The summed E-state index contributed by atoms with van der Waals surface area (Å²) in [6.45, 7) is -0.706. The molecule has 1 aliphatic heterocycles. The van der Waals surface area contributed by atoms with E-state index in [9.17, 15) is 24.6 Å². The molecule has 0 spiro atoms. The first-order valence-electron chi connectivity index (χ1n) is 6.85. The smallest absolute Gasteiger partial charge is 0.167 e. The molecule has 0 bridgehead atoms. The van der Waals surface area contributed by atoms with Gasteiger partial charge in [0.05, 0.1) is 20.8 Å². The van der Waals surface area contributed by atoms with Gasteiger partial charge in [-0.3, -0.25) is 4.57 Å². The molecule has 1 saturated heterocycles. The van der Waals surface area contributed by atoms with Crippen LogP contribution in [0.5, 0.6) is 0 Å². The van der Waals surface area contributed by atoms with Crippen molar-refractivity contribution >= 4 is 24.8 Å². The minimum atomic E-state index is -5.21. The van der Waals surface area contributed by atoms with Gasteiger partial charge in [0.15, 0.2) is 17.7 Å². The van der Waals surface area contributed by atoms with Crippen molar-refractivity contribution < 1.29 is 33.8 Å². The second-order valence-corrected chi connectivity index (χ2v) is 6.24. The van der Waals surface area contributed by atoms with E-state index in [1.165, 1.54) is 17.2 Å². The van der Waals surface area contributed by atoms with E-state index >= 15 is 0 Å². The largest absolute Gasteiger partial charge is 0.790 e. The van der Waals surface area contributed by atoms with Gasteiger partial charge in [0.1, 0.15) is 30.2 Å². The fourth-order valence-electron chi connectivity index (χ4n) is 2.48. The van der Waals surface area contributed by atoms with E-state index in [0.717, 1.165) is 0 Å². The van der Waals surface area contributed by atoms with Crippen LogP contribution >= 0.6 is 7.82 Å². The molecule has 3 rings (SSSR count). The molecule has 0 radical (unpaired) electrons. The number of imidazole rings is 1. The number of aliphatic hydroxyl groups is 2. The van der Waals surface area contributed by atoms with Crippen LogP contribution in [-0.4, -0.2) is 61.7 Å². The Morgan fingerprint density at radius 2 is 2.12 bits per heavy atom. The molecule has 0 saturated carbocycles. The molecule has 2 aromatic heterocycles. The van der Waals surface area contributed by atoms with Crippen molar-refractivity contribution in [3.05, 3.63) is 12.7 Å². The normalized spacial score (nSPS) is 27.7. The SMILES string of the molecule is CNc1ncnc2c1ncn2[C@@H]1O[C@H](COP(=O)([O-])[O-])C(O)C1O. The molecule has 0 aromatic carbocycles. The highest BCUT2D eigenvalue weighted by molar-refractivity contribution is 7.43. The van der Waals surface area contributed by atoms with Crippen LogP contribution in [0.2, 0.25) is 0 Å². The van der Waals surface area contributed by atoms with Gasteiger partial charge in [0.25, 0.3) is 0 Å². The number of phosphoric ester groups is 1. The Morgan fingerprint density at radius 1 is 1.38 bits per heavy atom. The number of ether oxygens (including phenoxy) is 1. The van der Waals surface area contributed by atoms with Crippen LogP contribution in [0.3, 0.4) is 0 Å². The maximum Gasteiger partial charge on any atom is 0.167 e. The first-order valence-corrected chi connectivity index (χ1v) is 8.31. The highest BCUT2D eigenvalue weighted by Crippen LogP contribution is 2.34. The molecule has 1 fully saturated rings. The van der Waals surface area contributed by atoms with E-state index in [4.69, 9.17) is 4.74 Å². The van der Waals surface area contributed by atoms with E-state index in [2.05, 4.69) is 24.8 Å². The topological polar surface area (TPSA) is 178 Å². The third kappa shape index (κ3) is 3.13. The first kappa shape index (κ1) is 17.2. The summed E-state index contributed by atoms with van der Waals surface area (Å²) in [5, 5.41) is 23.0. The Labute approximate surface area is 135 Å². The van der Waals surface area contributed by atoms with Crippen molar-refractivity contribution in [1.82, 2.24) is 19.5 Å². The number of nitrogens with zero attached hydrogens (tertiary/aromatic N) is 4. The lowest BCUT2D eigenvalue weighted by atomic mass is 10.1. The Kier molecular flexibility index (Phi) is 4.53. The Balaban J connectivity index is 1.86. The molecule has 3 heterocycles. The number of nitrogens with one attached hydrogen (secondary N) is 1. The van der Waals surface area contributed by atoms with Crippen LogP contribution in [-0.2, 0) is 13.8 Å². The van der Waals surface area contributed by atoms with Crippen molar-refractivity contribution in [2.24, 2.45) is 0 Å². The fourth-order valence-corrected chi connectivity index (χ4v) is 2.81. The zero-order chi connectivity index (χ0) is 17.5. The predicted octanol–water partition coefficient (Wildman–Crippen LogP) is -2.67. The van der Waals surface area contributed by atoms with Gasteiger partial charge >= 0.3 is 0 Å². The maximum atomic E-state index is 10.5. The van der Waals surface area contributed by atoms with Gasteiger partial charge in [-0.25, -0.2) is 15.0 Å². The Morgan fingerprint density at radius 3 is 2.79 bits per heavy atom. The van der Waals surface area contributed by atoms with Crippen LogP contribution in [0.25, 0.3) is 11.2 Å². The van der Waals surface area contributed by atoms with Gasteiger partial charge in [-0.05, 0) is 0 Å². The average molecular weight is 359 g/mol. The van der Waals surface area contributed by atoms with Gasteiger partial charge in [-0.15, -0.1) is 0 Å². The van der Waals surface area contributed by atoms with E-state index in [1.54, 1.807) is 7.05 Å². The van der Waals surface area contributed by atoms with Gasteiger partial charge in [-0.1, -0.05) is 0 Å². The van der Waals surface area contributed by atoms with E-state index in [1.807, 2.05) is 0 Å². The first-order chi connectivity index (χ1) is 11.3. The molecule has 12 nitrogen and oxygen atoms in total. The molecule has 132 valence electrons. The monoisotopic (exact) mass is 359 g/mol. The lowest BCUT2D eigenvalue weighted by Crippen LogP contribution is -2.34. The van der Waals surface area contributed by atoms with Gasteiger partial charge in [-0.2, -0.15) is 0 Å². The summed E-state index contributed by atoms with van der Waals surface area (Å²) in [5.74, 6) is 0.463. The van der Waals surface area contributed by atoms with Gasteiger partial charge in [0, 0.05) is 7.05 Å². The van der Waals surface area contributed by atoms with E-state index < -0.39 is 39.0 Å². The van der Waals surface area contributed by atoms with Crippen LogP contribution in [0.15, 0.2) is 12.7 Å². The van der Waals surface area contributed by atoms with Crippen LogP contribution in [0.4, 0.5) is 5.82 Å². The summed E-state index contributed by atoms with van der Waals surface area (Å²) in [6, 6.07) is 0. The van der Waals surface area contributed by atoms with Crippen molar-refractivity contribution in [2.45, 2.75) is 24.5 Å². The number of hydrogen-bond acceptors (Lipinski definition) is 11. The number of rotatable bonds is 5. The molecule has 3 N–H and O–H groups in total. The second-order valence-electron chi connectivity index (χ2n) is 5.09. The molecular formula is C11H14N5O7P-2. The third-order valence-corrected chi connectivity index (χ3v) is 4.07. The summed E-state index contributed by atoms with van der Waals surface area (Å²) in [7, 11) is -3.56. The van der Waals surface area contributed by atoms with Gasteiger partial charge in [0.2, 0.25) is 0 Å². The Bertz CT molecular complexity index is 779. The van der Waals surface area contributed by atoms with Crippen LogP contribution in [0, 0.1) is 0 Å². The zero-order valence-electron chi connectivity index (χ0n) is 12.3. The molecule has 0 amide bonds. The van der Waals surface area contributed by atoms with Gasteiger partial charge < -0.3 is 39.1 Å². The highest BCUT2D eigenvalue weighted by Gasteiger charge is 2.44. The summed E-state index contributed by atoms with van der Waals surface area (Å²) in [6.07, 6.45) is -2.52. The zero-order valence-corrected chi connectivity index (χ0v) is 13.2. The second kappa shape index (κ2) is 6.33. The van der Waals surface area contributed by atoms with Crippen molar-refractivity contribution in [2.75, 3.05) is 19.0 Å². The quantitative estimate of drug-likeness (QED) is 0.474. The molecule has 2 aromatic rings. The summed E-state index contributed by atoms with van der Waals surface area (Å²) in [4.78, 5) is 33.3. The number of fused-ring (bicyclic) bond motifs is 1. The van der Waals surface area contributed by atoms with Crippen LogP contribution in [0.1, 0.15) is 6.23 Å². The number of hydrogen-bond donors (Lipinski definition) is 3. The van der Waals surface area contributed by atoms with Crippen molar-refractivity contribution in [3.8, 4) is 0 Å². The molecule has 13 heteroatoms. The average Bonchev–Trinajstić information content (AvgIpc) is 3.07. The number of aromatic nitrogens is 4. The predicted molar refractivity (Wildman–Crippen MR) is 74.4 cm³/mol. The van der Waals surface area contributed by atoms with Crippen molar-refractivity contribution in [3.63, 3.8) is 0 Å².